The zero-order valence-electron chi connectivity index (χ0n) is 11.8. The number of carbonyl (C=O) groups is 1. The maximum absolute atomic E-state index is 11.2. The molecule has 0 bridgehead atoms. The molecular weight excluding hydrogens is 214 g/mol. The molecule has 100 valence electrons. The summed E-state index contributed by atoms with van der Waals surface area (Å²) in [5, 5.41) is 0. The first kappa shape index (κ1) is 16.2. The van der Waals surface area contributed by atoms with Crippen LogP contribution in [0.2, 0.25) is 0 Å². The minimum absolute atomic E-state index is 0.282. The minimum atomic E-state index is -0.282. The molecule has 17 heavy (non-hydrogen) atoms. The number of carbonyl (C=O) groups excluding carboxylic acids is 1. The van der Waals surface area contributed by atoms with Crippen molar-refractivity contribution in [3.8, 4) is 0 Å². The predicted octanol–water partition coefficient (Wildman–Crippen LogP) is 3.01. The zero-order chi connectivity index (χ0) is 13.3. The number of nitrogens with zero attached hydrogens (tertiary/aromatic N) is 1. The van der Waals surface area contributed by atoms with E-state index < -0.39 is 0 Å². The fourth-order valence-electron chi connectivity index (χ4n) is 1.65. The van der Waals surface area contributed by atoms with E-state index >= 15 is 0 Å². The van der Waals surface area contributed by atoms with Crippen LogP contribution < -0.4 is 0 Å². The molecule has 0 rings (SSSR count). The van der Waals surface area contributed by atoms with Crippen LogP contribution in [0.5, 0.6) is 0 Å². The van der Waals surface area contributed by atoms with Crippen LogP contribution in [0.4, 0.5) is 0 Å². The highest BCUT2D eigenvalue weighted by atomic mass is 16.5. The van der Waals surface area contributed by atoms with Crippen LogP contribution in [0.1, 0.15) is 47.0 Å². The summed E-state index contributed by atoms with van der Waals surface area (Å²) < 4.78 is 5.08. The average molecular weight is 241 g/mol. The van der Waals surface area contributed by atoms with E-state index in [4.69, 9.17) is 4.74 Å². The van der Waals surface area contributed by atoms with E-state index in [9.17, 15) is 4.79 Å². The van der Waals surface area contributed by atoms with Crippen molar-refractivity contribution < 1.29 is 9.53 Å². The normalized spacial score (nSPS) is 12.5. The molecule has 0 aliphatic heterocycles. The second-order valence-corrected chi connectivity index (χ2v) is 4.56. The van der Waals surface area contributed by atoms with Crippen LogP contribution in [-0.2, 0) is 9.53 Å². The Bertz CT molecular complexity index is 238. The van der Waals surface area contributed by atoms with Gasteiger partial charge < -0.3 is 9.64 Å². The zero-order valence-corrected chi connectivity index (χ0v) is 11.8. The molecule has 0 spiro atoms. The van der Waals surface area contributed by atoms with Crippen LogP contribution in [0, 0.1) is 0 Å². The molecule has 0 aliphatic carbocycles. The molecule has 3 nitrogen and oxygen atoms in total. The van der Waals surface area contributed by atoms with Gasteiger partial charge in [-0.15, -0.1) is 0 Å². The van der Waals surface area contributed by atoms with E-state index in [1.165, 1.54) is 0 Å². The van der Waals surface area contributed by atoms with Crippen LogP contribution in [0.25, 0.3) is 0 Å². The van der Waals surface area contributed by atoms with Crippen LogP contribution in [0.15, 0.2) is 12.2 Å². The van der Waals surface area contributed by atoms with Crippen molar-refractivity contribution in [3.05, 3.63) is 12.2 Å². The number of rotatable bonds is 9. The average Bonchev–Trinajstić information content (AvgIpc) is 2.31. The molecule has 3 heteroatoms. The lowest BCUT2D eigenvalue weighted by Crippen LogP contribution is -2.34. The van der Waals surface area contributed by atoms with Crippen molar-refractivity contribution in [2.75, 3.05) is 19.7 Å². The third kappa shape index (κ3) is 7.16. The second-order valence-electron chi connectivity index (χ2n) is 4.56. The Morgan fingerprint density at radius 1 is 1.35 bits per heavy atom. The molecule has 0 aromatic heterocycles. The summed E-state index contributed by atoms with van der Waals surface area (Å²) in [5.41, 5.74) is 0.470. The van der Waals surface area contributed by atoms with E-state index in [0.717, 1.165) is 32.4 Å². The van der Waals surface area contributed by atoms with Gasteiger partial charge in [-0.1, -0.05) is 20.4 Å². The topological polar surface area (TPSA) is 29.5 Å². The van der Waals surface area contributed by atoms with E-state index in [0.29, 0.717) is 18.2 Å². The molecule has 0 aromatic carbocycles. The van der Waals surface area contributed by atoms with E-state index in [-0.39, 0.29) is 5.97 Å². The fraction of sp³-hybridized carbons (Fsp3) is 0.786. The van der Waals surface area contributed by atoms with Gasteiger partial charge in [0, 0.05) is 18.2 Å². The van der Waals surface area contributed by atoms with E-state index in [1.54, 1.807) is 6.92 Å². The third-order valence-electron chi connectivity index (χ3n) is 2.90. The van der Waals surface area contributed by atoms with Crippen molar-refractivity contribution in [1.29, 1.82) is 0 Å². The Labute approximate surface area is 106 Å². The standard InChI is InChI=1S/C14H27NO2/c1-6-9-15(13(5)7-2)10-8-11-17-14(16)12(3)4/h13H,3,6-11H2,1-2,4-5H3. The highest BCUT2D eigenvalue weighted by Gasteiger charge is 2.11. The maximum Gasteiger partial charge on any atom is 0.333 e. The molecule has 0 heterocycles. The number of hydrogen-bond donors (Lipinski definition) is 0. The quantitative estimate of drug-likeness (QED) is 0.353. The second kappa shape index (κ2) is 9.23. The first-order valence-corrected chi connectivity index (χ1v) is 6.59. The van der Waals surface area contributed by atoms with Gasteiger partial charge in [0.25, 0.3) is 0 Å². The van der Waals surface area contributed by atoms with Crippen molar-refractivity contribution >= 4 is 5.97 Å². The summed E-state index contributed by atoms with van der Waals surface area (Å²) in [5.74, 6) is -0.282. The molecule has 0 amide bonds. The monoisotopic (exact) mass is 241 g/mol. The lowest BCUT2D eigenvalue weighted by molar-refractivity contribution is -0.139. The van der Waals surface area contributed by atoms with E-state index in [2.05, 4.69) is 32.3 Å². The van der Waals surface area contributed by atoms with Crippen molar-refractivity contribution in [2.24, 2.45) is 0 Å². The highest BCUT2D eigenvalue weighted by molar-refractivity contribution is 5.86. The summed E-state index contributed by atoms with van der Waals surface area (Å²) in [6.07, 6.45) is 3.21. The van der Waals surface area contributed by atoms with Gasteiger partial charge in [-0.3, -0.25) is 0 Å². The van der Waals surface area contributed by atoms with Gasteiger partial charge in [-0.2, -0.15) is 0 Å². The van der Waals surface area contributed by atoms with Gasteiger partial charge in [-0.25, -0.2) is 4.79 Å². The van der Waals surface area contributed by atoms with Crippen molar-refractivity contribution in [1.82, 2.24) is 4.90 Å². The van der Waals surface area contributed by atoms with Crippen LogP contribution in [0.3, 0.4) is 0 Å². The molecule has 0 aromatic rings. The summed E-state index contributed by atoms with van der Waals surface area (Å²) in [4.78, 5) is 13.6. The van der Waals surface area contributed by atoms with Crippen LogP contribution in [-0.4, -0.2) is 36.6 Å². The van der Waals surface area contributed by atoms with Gasteiger partial charge in [0.2, 0.25) is 0 Å². The SMILES string of the molecule is C=C(C)C(=O)OCCCN(CCC)C(C)CC. The first-order valence-electron chi connectivity index (χ1n) is 6.59. The van der Waals surface area contributed by atoms with Crippen molar-refractivity contribution in [3.63, 3.8) is 0 Å². The first-order chi connectivity index (χ1) is 8.02. The largest absolute Gasteiger partial charge is 0.462 e. The van der Waals surface area contributed by atoms with Gasteiger partial charge in [0.15, 0.2) is 0 Å². The van der Waals surface area contributed by atoms with Gasteiger partial charge in [0.05, 0.1) is 6.61 Å². The van der Waals surface area contributed by atoms with Gasteiger partial charge in [0.1, 0.15) is 0 Å². The Morgan fingerprint density at radius 3 is 2.47 bits per heavy atom. The summed E-state index contributed by atoms with van der Waals surface area (Å²) in [7, 11) is 0. The molecule has 0 aliphatic rings. The molecule has 1 unspecified atom stereocenters. The third-order valence-corrected chi connectivity index (χ3v) is 2.90. The van der Waals surface area contributed by atoms with E-state index in [1.807, 2.05) is 0 Å². The number of ether oxygens (including phenoxy) is 1. The predicted molar refractivity (Wildman–Crippen MR) is 72.0 cm³/mol. The van der Waals surface area contributed by atoms with Gasteiger partial charge in [-0.05, 0) is 39.7 Å². The number of hydrogen-bond acceptors (Lipinski definition) is 3. The molecule has 0 fully saturated rings. The Hall–Kier alpha value is -0.830. The molecular formula is C14H27NO2. The molecule has 0 saturated carbocycles. The lowest BCUT2D eigenvalue weighted by Gasteiger charge is -2.27. The molecule has 0 radical (unpaired) electrons. The minimum Gasteiger partial charge on any atom is -0.462 e. The maximum atomic E-state index is 11.2. The van der Waals surface area contributed by atoms with Crippen molar-refractivity contribution in [2.45, 2.75) is 53.0 Å². The van der Waals surface area contributed by atoms with Gasteiger partial charge >= 0.3 is 5.97 Å². The Balaban J connectivity index is 3.82. The Morgan fingerprint density at radius 2 is 2.00 bits per heavy atom. The summed E-state index contributed by atoms with van der Waals surface area (Å²) >= 11 is 0. The fourth-order valence-corrected chi connectivity index (χ4v) is 1.65. The molecule has 1 atom stereocenters. The Kier molecular flexibility index (Phi) is 8.78. The number of esters is 1. The summed E-state index contributed by atoms with van der Waals surface area (Å²) in [6, 6.07) is 0.604. The van der Waals surface area contributed by atoms with Crippen LogP contribution >= 0.6 is 0 Å². The molecule has 0 saturated heterocycles. The summed E-state index contributed by atoms with van der Waals surface area (Å²) in [6.45, 7) is 14.5. The lowest BCUT2D eigenvalue weighted by atomic mass is 10.2. The highest BCUT2D eigenvalue weighted by Crippen LogP contribution is 2.05. The smallest absolute Gasteiger partial charge is 0.333 e. The molecule has 0 N–H and O–H groups in total.